The Bertz CT molecular complexity index is 442. The number of halogens is 1. The number of nitriles is 1. The zero-order valence-corrected chi connectivity index (χ0v) is 11.4. The maximum absolute atomic E-state index is 8.83. The first-order valence-corrected chi connectivity index (χ1v) is 6.47. The largest absolute Gasteiger partial charge is 0.384 e. The second kappa shape index (κ2) is 5.52. The van der Waals surface area contributed by atoms with Crippen LogP contribution in [-0.2, 0) is 4.74 Å². The number of anilines is 1. The van der Waals surface area contributed by atoms with E-state index in [0.29, 0.717) is 11.5 Å². The van der Waals surface area contributed by atoms with E-state index in [0.717, 1.165) is 24.2 Å². The van der Waals surface area contributed by atoms with Gasteiger partial charge in [0.1, 0.15) is 0 Å². The average Bonchev–Trinajstić information content (AvgIpc) is 2.78. The summed E-state index contributed by atoms with van der Waals surface area (Å²) in [6, 6.07) is 7.90. The molecule has 0 aromatic heterocycles. The van der Waals surface area contributed by atoms with E-state index in [-0.39, 0.29) is 0 Å². The van der Waals surface area contributed by atoms with Gasteiger partial charge in [0, 0.05) is 30.6 Å². The minimum atomic E-state index is 0.613. The summed E-state index contributed by atoms with van der Waals surface area (Å²) >= 11 is 3.53. The highest BCUT2D eigenvalue weighted by Gasteiger charge is 2.23. The first-order chi connectivity index (χ1) is 8.24. The second-order valence-electron chi connectivity index (χ2n) is 4.33. The van der Waals surface area contributed by atoms with Gasteiger partial charge in [-0.15, -0.1) is 0 Å². The fourth-order valence-electron chi connectivity index (χ4n) is 2.26. The summed E-state index contributed by atoms with van der Waals surface area (Å²) in [5.41, 5.74) is 1.86. The Morgan fingerprint density at radius 2 is 2.41 bits per heavy atom. The molecule has 2 rings (SSSR count). The number of nitrogens with zero attached hydrogens (tertiary/aromatic N) is 2. The van der Waals surface area contributed by atoms with E-state index in [4.69, 9.17) is 10.00 Å². The number of methoxy groups -OCH3 is 1. The number of hydrogen-bond acceptors (Lipinski definition) is 3. The Hall–Kier alpha value is -1.05. The van der Waals surface area contributed by atoms with Crippen LogP contribution < -0.4 is 4.90 Å². The van der Waals surface area contributed by atoms with Gasteiger partial charge in [-0.05, 0) is 40.5 Å². The van der Waals surface area contributed by atoms with Gasteiger partial charge in [-0.2, -0.15) is 5.26 Å². The van der Waals surface area contributed by atoms with Crippen molar-refractivity contribution in [2.45, 2.75) is 6.42 Å². The first-order valence-electron chi connectivity index (χ1n) is 5.68. The second-order valence-corrected chi connectivity index (χ2v) is 5.19. The molecule has 1 unspecified atom stereocenters. The standard InChI is InChI=1S/C13H15BrN2O/c1-17-9-11-4-5-16(8-11)13-3-2-10(7-15)6-12(13)14/h2-3,6,11H,4-5,8-9H2,1H3. The van der Waals surface area contributed by atoms with E-state index >= 15 is 0 Å². The third kappa shape index (κ3) is 2.80. The number of ether oxygens (including phenoxy) is 1. The van der Waals surface area contributed by atoms with Crippen molar-refractivity contribution in [2.24, 2.45) is 5.92 Å². The Morgan fingerprint density at radius 3 is 3.06 bits per heavy atom. The molecule has 0 spiro atoms. The topological polar surface area (TPSA) is 36.3 Å². The molecule has 0 aliphatic carbocycles. The fraction of sp³-hybridized carbons (Fsp3) is 0.462. The molecule has 0 N–H and O–H groups in total. The van der Waals surface area contributed by atoms with Gasteiger partial charge >= 0.3 is 0 Å². The van der Waals surface area contributed by atoms with Gasteiger partial charge in [-0.3, -0.25) is 0 Å². The van der Waals surface area contributed by atoms with Crippen LogP contribution in [0.4, 0.5) is 5.69 Å². The van der Waals surface area contributed by atoms with E-state index < -0.39 is 0 Å². The molecule has 1 atom stereocenters. The molecule has 0 radical (unpaired) electrons. The van der Waals surface area contributed by atoms with Crippen LogP contribution in [0.2, 0.25) is 0 Å². The monoisotopic (exact) mass is 294 g/mol. The van der Waals surface area contributed by atoms with Crippen molar-refractivity contribution in [3.63, 3.8) is 0 Å². The van der Waals surface area contributed by atoms with E-state index in [1.807, 2.05) is 18.2 Å². The third-order valence-electron chi connectivity index (χ3n) is 3.11. The quantitative estimate of drug-likeness (QED) is 0.860. The van der Waals surface area contributed by atoms with Crippen LogP contribution in [0.1, 0.15) is 12.0 Å². The normalized spacial score (nSPS) is 19.4. The first kappa shape index (κ1) is 12.4. The maximum atomic E-state index is 8.83. The molecule has 1 fully saturated rings. The number of rotatable bonds is 3. The lowest BCUT2D eigenvalue weighted by Crippen LogP contribution is -2.21. The van der Waals surface area contributed by atoms with Crippen LogP contribution in [0.3, 0.4) is 0 Å². The van der Waals surface area contributed by atoms with Crippen LogP contribution in [0, 0.1) is 17.2 Å². The highest BCUT2D eigenvalue weighted by Crippen LogP contribution is 2.31. The summed E-state index contributed by atoms with van der Waals surface area (Å²) in [5, 5.41) is 8.83. The van der Waals surface area contributed by atoms with E-state index in [9.17, 15) is 0 Å². The van der Waals surface area contributed by atoms with Crippen LogP contribution in [0.5, 0.6) is 0 Å². The maximum Gasteiger partial charge on any atom is 0.0992 e. The molecular formula is C13H15BrN2O. The summed E-state index contributed by atoms with van der Waals surface area (Å²) in [6.07, 6.45) is 1.17. The van der Waals surface area contributed by atoms with Crippen LogP contribution >= 0.6 is 15.9 Å². The lowest BCUT2D eigenvalue weighted by molar-refractivity contribution is 0.161. The Kier molecular flexibility index (Phi) is 4.03. The SMILES string of the molecule is COCC1CCN(c2ccc(C#N)cc2Br)C1. The Balaban J connectivity index is 2.11. The van der Waals surface area contributed by atoms with Gasteiger partial charge in [-0.25, -0.2) is 0 Å². The van der Waals surface area contributed by atoms with E-state index in [2.05, 4.69) is 26.9 Å². The number of benzene rings is 1. The zero-order chi connectivity index (χ0) is 12.3. The number of hydrogen-bond donors (Lipinski definition) is 0. The lowest BCUT2D eigenvalue weighted by atomic mass is 10.1. The predicted molar refractivity (Wildman–Crippen MR) is 71.1 cm³/mol. The molecule has 0 amide bonds. The third-order valence-corrected chi connectivity index (χ3v) is 3.74. The molecule has 1 aliphatic heterocycles. The van der Waals surface area contributed by atoms with Crippen molar-refractivity contribution in [2.75, 3.05) is 31.7 Å². The van der Waals surface area contributed by atoms with Gasteiger partial charge in [0.15, 0.2) is 0 Å². The summed E-state index contributed by atoms with van der Waals surface area (Å²) in [7, 11) is 1.75. The van der Waals surface area contributed by atoms with E-state index in [1.54, 1.807) is 7.11 Å². The molecular weight excluding hydrogens is 280 g/mol. The van der Waals surface area contributed by atoms with E-state index in [1.165, 1.54) is 12.1 Å². The summed E-state index contributed by atoms with van der Waals surface area (Å²) < 4.78 is 6.19. The van der Waals surface area contributed by atoms with Crippen LogP contribution in [0.15, 0.2) is 22.7 Å². The van der Waals surface area contributed by atoms with Gasteiger partial charge in [-0.1, -0.05) is 0 Å². The molecule has 90 valence electrons. The molecule has 4 heteroatoms. The van der Waals surface area contributed by atoms with Crippen molar-refractivity contribution in [3.05, 3.63) is 28.2 Å². The molecule has 1 aromatic carbocycles. The minimum Gasteiger partial charge on any atom is -0.384 e. The predicted octanol–water partition coefficient (Wildman–Crippen LogP) is 2.79. The van der Waals surface area contributed by atoms with Crippen molar-refractivity contribution < 1.29 is 4.74 Å². The zero-order valence-electron chi connectivity index (χ0n) is 9.82. The van der Waals surface area contributed by atoms with Crippen molar-refractivity contribution in [1.29, 1.82) is 5.26 Å². The molecule has 1 heterocycles. The highest BCUT2D eigenvalue weighted by molar-refractivity contribution is 9.10. The highest BCUT2D eigenvalue weighted by atomic mass is 79.9. The van der Waals surface area contributed by atoms with Gasteiger partial charge in [0.05, 0.1) is 23.9 Å². The Morgan fingerprint density at radius 1 is 1.59 bits per heavy atom. The average molecular weight is 295 g/mol. The minimum absolute atomic E-state index is 0.613. The van der Waals surface area contributed by atoms with Crippen molar-refractivity contribution in [1.82, 2.24) is 0 Å². The summed E-state index contributed by atoms with van der Waals surface area (Å²) in [6.45, 7) is 2.90. The fourth-order valence-corrected chi connectivity index (χ4v) is 2.89. The van der Waals surface area contributed by atoms with Crippen LogP contribution in [0.25, 0.3) is 0 Å². The van der Waals surface area contributed by atoms with Gasteiger partial charge < -0.3 is 9.64 Å². The molecule has 3 nitrogen and oxygen atoms in total. The summed E-state index contributed by atoms with van der Waals surface area (Å²) in [4.78, 5) is 2.34. The van der Waals surface area contributed by atoms with Crippen molar-refractivity contribution in [3.8, 4) is 6.07 Å². The molecule has 0 bridgehead atoms. The summed E-state index contributed by atoms with van der Waals surface area (Å²) in [5.74, 6) is 0.613. The molecule has 17 heavy (non-hydrogen) atoms. The van der Waals surface area contributed by atoms with Crippen LogP contribution in [-0.4, -0.2) is 26.8 Å². The molecule has 1 aliphatic rings. The Labute approximate surface area is 110 Å². The van der Waals surface area contributed by atoms with Gasteiger partial charge in [0.25, 0.3) is 0 Å². The smallest absolute Gasteiger partial charge is 0.0992 e. The molecule has 0 saturated carbocycles. The molecule has 1 aromatic rings. The lowest BCUT2D eigenvalue weighted by Gasteiger charge is -2.20. The van der Waals surface area contributed by atoms with Crippen molar-refractivity contribution >= 4 is 21.6 Å². The van der Waals surface area contributed by atoms with Gasteiger partial charge in [0.2, 0.25) is 0 Å². The molecule has 1 saturated heterocycles.